The fourth-order valence-electron chi connectivity index (χ4n) is 2.28. The lowest BCUT2D eigenvalue weighted by molar-refractivity contribution is 0.0955. The lowest BCUT2D eigenvalue weighted by Gasteiger charge is -2.07. The predicted molar refractivity (Wildman–Crippen MR) is 91.5 cm³/mol. The lowest BCUT2D eigenvalue weighted by Crippen LogP contribution is -2.25. The molecule has 3 rings (SSSR count). The number of carbonyl (C=O) groups excluding carboxylic acids is 1. The molecule has 0 spiro atoms. The summed E-state index contributed by atoms with van der Waals surface area (Å²) in [5, 5.41) is 2.93. The molecule has 4 nitrogen and oxygen atoms in total. The molecule has 1 amide bonds. The summed E-state index contributed by atoms with van der Waals surface area (Å²) in [4.78, 5) is 13.4. The highest BCUT2D eigenvalue weighted by Crippen LogP contribution is 2.32. The van der Waals surface area contributed by atoms with Crippen molar-refractivity contribution in [3.8, 4) is 11.5 Å². The highest BCUT2D eigenvalue weighted by atomic mass is 32.2. The Morgan fingerprint density at radius 2 is 1.91 bits per heavy atom. The van der Waals surface area contributed by atoms with Crippen molar-refractivity contribution >= 4 is 17.7 Å². The number of aryl methyl sites for hydroxylation is 2. The highest BCUT2D eigenvalue weighted by Gasteiger charge is 2.15. The molecule has 0 aliphatic carbocycles. The highest BCUT2D eigenvalue weighted by molar-refractivity contribution is 7.99. The van der Waals surface area contributed by atoms with Gasteiger partial charge in [-0.2, -0.15) is 0 Å². The summed E-state index contributed by atoms with van der Waals surface area (Å²) >= 11 is 1.74. The van der Waals surface area contributed by atoms with Crippen molar-refractivity contribution in [2.45, 2.75) is 18.7 Å². The summed E-state index contributed by atoms with van der Waals surface area (Å²) in [6.45, 7) is 5.05. The maximum absolute atomic E-state index is 12.1. The van der Waals surface area contributed by atoms with Gasteiger partial charge in [0.05, 0.1) is 0 Å². The summed E-state index contributed by atoms with van der Waals surface area (Å²) in [6.07, 6.45) is 0. The van der Waals surface area contributed by atoms with E-state index in [0.29, 0.717) is 23.6 Å². The van der Waals surface area contributed by atoms with Gasteiger partial charge in [-0.05, 0) is 55.3 Å². The monoisotopic (exact) mass is 329 g/mol. The number of hydrogen-bond donors (Lipinski definition) is 1. The number of amides is 1. The van der Waals surface area contributed by atoms with Crippen molar-refractivity contribution in [1.82, 2.24) is 5.32 Å². The van der Waals surface area contributed by atoms with Gasteiger partial charge in [-0.1, -0.05) is 6.07 Å². The largest absolute Gasteiger partial charge is 0.454 e. The summed E-state index contributed by atoms with van der Waals surface area (Å²) in [7, 11) is 0. The first-order valence-electron chi connectivity index (χ1n) is 7.51. The normalized spacial score (nSPS) is 12.3. The van der Waals surface area contributed by atoms with Gasteiger partial charge in [-0.15, -0.1) is 11.8 Å². The van der Waals surface area contributed by atoms with Crippen LogP contribution < -0.4 is 14.8 Å². The van der Waals surface area contributed by atoms with Crippen LogP contribution in [0.15, 0.2) is 41.3 Å². The molecule has 23 heavy (non-hydrogen) atoms. The number of benzene rings is 2. The minimum absolute atomic E-state index is 0.0935. The Bertz CT molecular complexity index is 730. The summed E-state index contributed by atoms with van der Waals surface area (Å²) in [5.74, 6) is 2.05. The zero-order valence-corrected chi connectivity index (χ0v) is 14.0. The molecule has 1 N–H and O–H groups in total. The Morgan fingerprint density at radius 3 is 2.74 bits per heavy atom. The van der Waals surface area contributed by atoms with Gasteiger partial charge in [0.15, 0.2) is 11.5 Å². The predicted octanol–water partition coefficient (Wildman–Crippen LogP) is 3.55. The summed E-state index contributed by atoms with van der Waals surface area (Å²) in [6, 6.07) is 11.7. The third-order valence-electron chi connectivity index (χ3n) is 3.77. The number of rotatable bonds is 5. The van der Waals surface area contributed by atoms with Crippen LogP contribution in [0.25, 0.3) is 0 Å². The Labute approximate surface area is 140 Å². The molecule has 1 heterocycles. The number of fused-ring (bicyclic) bond motifs is 1. The second-order valence-corrected chi connectivity index (χ2v) is 6.59. The van der Waals surface area contributed by atoms with Crippen molar-refractivity contribution in [2.24, 2.45) is 0 Å². The van der Waals surface area contributed by atoms with Gasteiger partial charge < -0.3 is 14.8 Å². The van der Waals surface area contributed by atoms with E-state index in [4.69, 9.17) is 9.47 Å². The number of thioether (sulfide) groups is 1. The van der Waals surface area contributed by atoms with Crippen molar-refractivity contribution < 1.29 is 14.3 Å². The average Bonchev–Trinajstić information content (AvgIpc) is 3.02. The third-order valence-corrected chi connectivity index (χ3v) is 4.76. The molecule has 0 aromatic heterocycles. The van der Waals surface area contributed by atoms with Gasteiger partial charge in [-0.3, -0.25) is 4.79 Å². The van der Waals surface area contributed by atoms with Gasteiger partial charge in [0, 0.05) is 22.8 Å². The van der Waals surface area contributed by atoms with E-state index in [0.717, 1.165) is 5.75 Å². The molecular weight excluding hydrogens is 310 g/mol. The number of carbonyl (C=O) groups is 1. The van der Waals surface area contributed by atoms with Gasteiger partial charge in [-0.25, -0.2) is 0 Å². The molecule has 5 heteroatoms. The molecule has 0 saturated carbocycles. The molecule has 1 aliphatic rings. The van der Waals surface area contributed by atoms with Crippen LogP contribution in [0.4, 0.5) is 0 Å². The van der Waals surface area contributed by atoms with E-state index in [9.17, 15) is 4.79 Å². The molecule has 0 unspecified atom stereocenters. The Hall–Kier alpha value is -2.14. The fraction of sp³-hybridized carbons (Fsp3) is 0.278. The van der Waals surface area contributed by atoms with Crippen LogP contribution in [-0.2, 0) is 0 Å². The van der Waals surface area contributed by atoms with Crippen molar-refractivity contribution in [3.05, 3.63) is 53.1 Å². The van der Waals surface area contributed by atoms with Crippen LogP contribution in [0.3, 0.4) is 0 Å². The summed E-state index contributed by atoms with van der Waals surface area (Å²) < 4.78 is 10.5. The first kappa shape index (κ1) is 15.7. The van der Waals surface area contributed by atoms with Crippen LogP contribution in [0, 0.1) is 13.8 Å². The van der Waals surface area contributed by atoms with E-state index < -0.39 is 0 Å². The number of nitrogens with one attached hydrogen (secondary N) is 1. The minimum atomic E-state index is -0.0935. The molecular formula is C18H19NO3S. The van der Waals surface area contributed by atoms with E-state index in [-0.39, 0.29) is 12.7 Å². The smallest absolute Gasteiger partial charge is 0.251 e. The van der Waals surface area contributed by atoms with E-state index in [1.807, 2.05) is 0 Å². The molecule has 1 aliphatic heterocycles. The third kappa shape index (κ3) is 3.79. The van der Waals surface area contributed by atoms with E-state index in [1.54, 1.807) is 30.0 Å². The van der Waals surface area contributed by atoms with Crippen LogP contribution in [-0.4, -0.2) is 25.0 Å². The maximum Gasteiger partial charge on any atom is 0.251 e. The summed E-state index contributed by atoms with van der Waals surface area (Å²) in [5.41, 5.74) is 3.18. The number of hydrogen-bond acceptors (Lipinski definition) is 4. The number of ether oxygens (including phenoxy) is 2. The SMILES string of the molecule is Cc1ccc(SCCNC(=O)c2ccc3c(c2)OCO3)cc1C. The van der Waals surface area contributed by atoms with Crippen LogP contribution in [0.5, 0.6) is 11.5 Å². The molecule has 120 valence electrons. The topological polar surface area (TPSA) is 47.6 Å². The average molecular weight is 329 g/mol. The zero-order chi connectivity index (χ0) is 16.2. The maximum atomic E-state index is 12.1. The minimum Gasteiger partial charge on any atom is -0.454 e. The van der Waals surface area contributed by atoms with Crippen molar-refractivity contribution in [1.29, 1.82) is 0 Å². The van der Waals surface area contributed by atoms with Gasteiger partial charge in [0.2, 0.25) is 6.79 Å². The second-order valence-electron chi connectivity index (χ2n) is 5.42. The van der Waals surface area contributed by atoms with Gasteiger partial charge >= 0.3 is 0 Å². The Morgan fingerprint density at radius 1 is 1.09 bits per heavy atom. The van der Waals surface area contributed by atoms with Crippen molar-refractivity contribution in [2.75, 3.05) is 19.1 Å². The fourth-order valence-corrected chi connectivity index (χ4v) is 3.14. The first-order chi connectivity index (χ1) is 11.1. The Balaban J connectivity index is 1.48. The molecule has 2 aromatic rings. The molecule has 0 radical (unpaired) electrons. The Kier molecular flexibility index (Phi) is 4.76. The first-order valence-corrected chi connectivity index (χ1v) is 8.50. The molecule has 0 atom stereocenters. The quantitative estimate of drug-likeness (QED) is 0.673. The van der Waals surface area contributed by atoms with E-state index in [2.05, 4.69) is 37.4 Å². The zero-order valence-electron chi connectivity index (χ0n) is 13.2. The second kappa shape index (κ2) is 6.96. The van der Waals surface area contributed by atoms with E-state index >= 15 is 0 Å². The van der Waals surface area contributed by atoms with Crippen LogP contribution >= 0.6 is 11.8 Å². The lowest BCUT2D eigenvalue weighted by atomic mass is 10.1. The van der Waals surface area contributed by atoms with Crippen molar-refractivity contribution in [3.63, 3.8) is 0 Å². The van der Waals surface area contributed by atoms with E-state index in [1.165, 1.54) is 16.0 Å². The molecule has 0 saturated heterocycles. The molecule has 2 aromatic carbocycles. The van der Waals surface area contributed by atoms with Crippen LogP contribution in [0.1, 0.15) is 21.5 Å². The molecule has 0 bridgehead atoms. The van der Waals surface area contributed by atoms with Gasteiger partial charge in [0.25, 0.3) is 5.91 Å². The van der Waals surface area contributed by atoms with Crippen LogP contribution in [0.2, 0.25) is 0 Å². The standard InChI is InChI=1S/C18H19NO3S/c1-12-3-5-15(9-13(12)2)23-8-7-19-18(20)14-4-6-16-17(10-14)22-11-21-16/h3-6,9-10H,7-8,11H2,1-2H3,(H,19,20). The van der Waals surface area contributed by atoms with Gasteiger partial charge in [0.1, 0.15) is 0 Å². The molecule has 0 fully saturated rings.